The molecule has 1 fully saturated rings. The molecule has 4 rings (SSSR count). The van der Waals surface area contributed by atoms with E-state index < -0.39 is 12.1 Å². The van der Waals surface area contributed by atoms with Crippen LogP contribution in [0.4, 0.5) is 4.79 Å². The van der Waals surface area contributed by atoms with Crippen LogP contribution in [0.5, 0.6) is 0 Å². The number of likely N-dealkylation sites (tertiary alicyclic amines) is 1. The molecule has 3 aromatic rings. The van der Waals surface area contributed by atoms with Gasteiger partial charge in [0.15, 0.2) is 0 Å². The summed E-state index contributed by atoms with van der Waals surface area (Å²) in [7, 11) is 0. The molecule has 0 aliphatic carbocycles. The Kier molecular flexibility index (Phi) is 7.59. The van der Waals surface area contributed by atoms with Gasteiger partial charge in [0.1, 0.15) is 0 Å². The average molecular weight is 494 g/mol. The zero-order valence-corrected chi connectivity index (χ0v) is 19.3. The molecule has 0 N–H and O–H groups in total. The monoisotopic (exact) mass is 495 g/mol. The quantitative estimate of drug-likeness (QED) is 0.369. The van der Waals surface area contributed by atoms with Crippen molar-refractivity contribution in [3.05, 3.63) is 102 Å². The van der Waals surface area contributed by atoms with Crippen LogP contribution < -0.4 is 4.46 Å². The van der Waals surface area contributed by atoms with Crippen LogP contribution in [0.3, 0.4) is 0 Å². The van der Waals surface area contributed by atoms with Gasteiger partial charge in [-0.05, 0) is 0 Å². The molecule has 32 heavy (non-hydrogen) atoms. The summed E-state index contributed by atoms with van der Waals surface area (Å²) in [6.07, 6.45) is 0.116. The topological polar surface area (TPSA) is 55.8 Å². The number of amides is 1. The number of hydrogen-bond acceptors (Lipinski definition) is 4. The summed E-state index contributed by atoms with van der Waals surface area (Å²) < 4.78 is 12.4. The van der Waals surface area contributed by atoms with Crippen molar-refractivity contribution in [2.75, 3.05) is 6.54 Å². The number of benzene rings is 3. The number of carbonyl (C=O) groups is 2. The van der Waals surface area contributed by atoms with Crippen LogP contribution in [-0.2, 0) is 27.5 Å². The van der Waals surface area contributed by atoms with Gasteiger partial charge in [-0.1, -0.05) is 0 Å². The predicted octanol–water partition coefficient (Wildman–Crippen LogP) is 3.96. The number of nitrogens with zero attached hydrogens (tertiary/aromatic N) is 1. The van der Waals surface area contributed by atoms with Gasteiger partial charge in [-0.3, -0.25) is 0 Å². The first kappa shape index (κ1) is 22.1. The molecule has 0 unspecified atom stereocenters. The molecule has 1 amide bonds. The Balaban J connectivity index is 1.42. The third-order valence-corrected chi connectivity index (χ3v) is 7.80. The minimum atomic E-state index is -0.627. The van der Waals surface area contributed by atoms with Gasteiger partial charge in [-0.2, -0.15) is 0 Å². The van der Waals surface area contributed by atoms with E-state index in [4.69, 9.17) is 9.47 Å². The Hall–Kier alpha value is -3.08. The molecular formula is C26H25NO4Se. The molecular weight excluding hydrogens is 469 g/mol. The van der Waals surface area contributed by atoms with Crippen molar-refractivity contribution >= 4 is 31.5 Å². The third kappa shape index (κ3) is 6.00. The van der Waals surface area contributed by atoms with Crippen molar-refractivity contribution in [3.8, 4) is 0 Å². The van der Waals surface area contributed by atoms with E-state index in [1.165, 1.54) is 4.46 Å². The Bertz CT molecular complexity index is 950. The minimum absolute atomic E-state index is 0.147. The normalized spacial score (nSPS) is 17.7. The van der Waals surface area contributed by atoms with E-state index in [-0.39, 0.29) is 39.0 Å². The molecule has 2 atom stereocenters. The van der Waals surface area contributed by atoms with Gasteiger partial charge < -0.3 is 0 Å². The second-order valence-electron chi connectivity index (χ2n) is 7.59. The van der Waals surface area contributed by atoms with E-state index in [0.29, 0.717) is 13.0 Å². The van der Waals surface area contributed by atoms with Gasteiger partial charge in [0.25, 0.3) is 0 Å². The van der Waals surface area contributed by atoms with E-state index in [1.54, 1.807) is 4.90 Å². The fourth-order valence-corrected chi connectivity index (χ4v) is 6.17. The van der Waals surface area contributed by atoms with E-state index in [0.717, 1.165) is 11.1 Å². The van der Waals surface area contributed by atoms with E-state index in [1.807, 2.05) is 78.9 Å². The molecule has 5 nitrogen and oxygen atoms in total. The number of rotatable bonds is 7. The zero-order valence-electron chi connectivity index (χ0n) is 17.6. The Labute approximate surface area is 194 Å². The van der Waals surface area contributed by atoms with Crippen molar-refractivity contribution in [2.24, 2.45) is 0 Å². The second kappa shape index (κ2) is 11.0. The maximum atomic E-state index is 12.9. The third-order valence-electron chi connectivity index (χ3n) is 5.24. The number of ether oxygens (including phenoxy) is 2. The molecule has 0 spiro atoms. The van der Waals surface area contributed by atoms with E-state index in [2.05, 4.69) is 12.1 Å². The first-order chi connectivity index (χ1) is 15.7. The summed E-state index contributed by atoms with van der Waals surface area (Å²) in [5.41, 5.74) is 1.83. The molecule has 1 heterocycles. The van der Waals surface area contributed by atoms with Crippen molar-refractivity contribution in [1.29, 1.82) is 0 Å². The summed E-state index contributed by atoms with van der Waals surface area (Å²) in [6.45, 7) is 0.863. The summed E-state index contributed by atoms with van der Waals surface area (Å²) in [4.78, 5) is 27.6. The molecule has 6 heteroatoms. The fraction of sp³-hybridized carbons (Fsp3) is 0.231. The summed E-state index contributed by atoms with van der Waals surface area (Å²) in [6, 6.07) is 28.7. The van der Waals surface area contributed by atoms with Gasteiger partial charge in [0.05, 0.1) is 0 Å². The SMILES string of the molecule is O=C(OCc1ccccc1)[C@H]1C[C@@H]([Se]c2ccccc2)CN1C(=O)OCc1ccccc1. The Morgan fingerprint density at radius 1 is 0.781 bits per heavy atom. The molecule has 0 saturated carbocycles. The molecule has 0 bridgehead atoms. The van der Waals surface area contributed by atoms with Gasteiger partial charge in [-0.25, -0.2) is 0 Å². The number of carbonyl (C=O) groups excluding carboxylic acids is 2. The van der Waals surface area contributed by atoms with Crippen molar-refractivity contribution in [1.82, 2.24) is 4.90 Å². The van der Waals surface area contributed by atoms with Crippen LogP contribution in [0.2, 0.25) is 4.82 Å². The van der Waals surface area contributed by atoms with Gasteiger partial charge in [0.2, 0.25) is 0 Å². The van der Waals surface area contributed by atoms with Crippen LogP contribution in [0.1, 0.15) is 17.5 Å². The van der Waals surface area contributed by atoms with E-state index >= 15 is 0 Å². The molecule has 0 aromatic heterocycles. The van der Waals surface area contributed by atoms with Crippen LogP contribution in [-0.4, -0.2) is 44.5 Å². The first-order valence-electron chi connectivity index (χ1n) is 10.6. The average Bonchev–Trinajstić information content (AvgIpc) is 3.27. The van der Waals surface area contributed by atoms with Gasteiger partial charge >= 0.3 is 195 Å². The zero-order chi connectivity index (χ0) is 22.2. The van der Waals surface area contributed by atoms with E-state index in [9.17, 15) is 9.59 Å². The first-order valence-corrected chi connectivity index (χ1v) is 12.4. The van der Waals surface area contributed by atoms with Gasteiger partial charge in [-0.15, -0.1) is 0 Å². The molecule has 3 aromatic carbocycles. The Morgan fingerprint density at radius 2 is 1.31 bits per heavy atom. The van der Waals surface area contributed by atoms with Crippen LogP contribution >= 0.6 is 0 Å². The molecule has 0 radical (unpaired) electrons. The number of hydrogen-bond donors (Lipinski definition) is 0. The predicted molar refractivity (Wildman–Crippen MR) is 124 cm³/mol. The van der Waals surface area contributed by atoms with Crippen LogP contribution in [0.15, 0.2) is 91.0 Å². The molecule has 1 saturated heterocycles. The molecule has 164 valence electrons. The molecule has 1 aliphatic heterocycles. The van der Waals surface area contributed by atoms with Crippen molar-refractivity contribution < 1.29 is 19.1 Å². The molecule has 1 aliphatic rings. The van der Waals surface area contributed by atoms with Gasteiger partial charge in [0, 0.05) is 0 Å². The summed E-state index contributed by atoms with van der Waals surface area (Å²) >= 11 is 0.147. The number of esters is 1. The fourth-order valence-electron chi connectivity index (χ4n) is 3.63. The van der Waals surface area contributed by atoms with Crippen molar-refractivity contribution in [3.63, 3.8) is 0 Å². The maximum absolute atomic E-state index is 12.9. The van der Waals surface area contributed by atoms with Crippen molar-refractivity contribution in [2.45, 2.75) is 30.5 Å². The van der Waals surface area contributed by atoms with Crippen LogP contribution in [0.25, 0.3) is 0 Å². The second-order valence-corrected chi connectivity index (χ2v) is 10.5. The standard InChI is InChI=1S/C26H25NO4Se/c28-25(30-18-20-10-4-1-5-11-20)24-16-23(32-22-14-8-3-9-15-22)17-27(24)26(29)31-19-21-12-6-2-7-13-21/h1-15,23-24H,16-19H2/t23-,24-/m1/s1. The summed E-state index contributed by atoms with van der Waals surface area (Å²) in [5, 5.41) is 0. The van der Waals surface area contributed by atoms with Crippen LogP contribution in [0, 0.1) is 0 Å². The summed E-state index contributed by atoms with van der Waals surface area (Å²) in [5.74, 6) is -0.378. The Morgan fingerprint density at radius 3 is 1.91 bits per heavy atom.